The standard InChI is InChI=1S/C9H11NO2/c1-8-2-5-10(6-3-8)7-4-9(11)12/h2-3,5-6H,4,7H2,1H3. The molecule has 0 aliphatic carbocycles. The minimum atomic E-state index is -1.01. The predicted molar refractivity (Wildman–Crippen MR) is 41.0 cm³/mol. The molecule has 64 valence electrons. The summed E-state index contributed by atoms with van der Waals surface area (Å²) >= 11 is 0. The SMILES string of the molecule is Cc1cc[n+](CCC(=O)[O-])cc1. The highest BCUT2D eigenvalue weighted by Crippen LogP contribution is 1.89. The maximum absolute atomic E-state index is 10.1. The summed E-state index contributed by atoms with van der Waals surface area (Å²) in [6.45, 7) is 2.46. The van der Waals surface area contributed by atoms with Crippen molar-refractivity contribution in [2.75, 3.05) is 0 Å². The third-order valence-electron chi connectivity index (χ3n) is 1.63. The van der Waals surface area contributed by atoms with E-state index >= 15 is 0 Å². The molecule has 0 atom stereocenters. The molecule has 1 aromatic rings. The van der Waals surface area contributed by atoms with Gasteiger partial charge in [0.25, 0.3) is 0 Å². The lowest BCUT2D eigenvalue weighted by atomic mass is 10.3. The molecule has 0 saturated heterocycles. The molecule has 1 heterocycles. The fraction of sp³-hybridized carbons (Fsp3) is 0.333. The molecule has 0 unspecified atom stereocenters. The summed E-state index contributed by atoms with van der Waals surface area (Å²) < 4.78 is 1.82. The quantitative estimate of drug-likeness (QED) is 0.562. The fourth-order valence-corrected chi connectivity index (χ4v) is 0.901. The molecule has 0 fully saturated rings. The number of carbonyl (C=O) groups is 1. The van der Waals surface area contributed by atoms with Crippen LogP contribution in [0.3, 0.4) is 0 Å². The molecular formula is C9H11NO2. The van der Waals surface area contributed by atoms with Gasteiger partial charge in [-0.15, -0.1) is 0 Å². The number of aryl methyl sites for hydroxylation is 2. The van der Waals surface area contributed by atoms with Crippen LogP contribution < -0.4 is 9.67 Å². The average Bonchev–Trinajstić information content (AvgIpc) is 2.03. The van der Waals surface area contributed by atoms with E-state index in [-0.39, 0.29) is 6.42 Å². The number of aliphatic carboxylic acids is 1. The Kier molecular flexibility index (Phi) is 2.80. The van der Waals surface area contributed by atoms with E-state index in [0.29, 0.717) is 6.54 Å². The molecule has 0 aliphatic rings. The minimum Gasteiger partial charge on any atom is -0.550 e. The second-order valence-corrected chi connectivity index (χ2v) is 2.74. The summed E-state index contributed by atoms with van der Waals surface area (Å²) in [6, 6.07) is 3.88. The van der Waals surface area contributed by atoms with Gasteiger partial charge in [-0.2, -0.15) is 0 Å². The normalized spacial score (nSPS) is 9.75. The second-order valence-electron chi connectivity index (χ2n) is 2.74. The predicted octanol–water partition coefficient (Wildman–Crippen LogP) is -0.577. The third-order valence-corrected chi connectivity index (χ3v) is 1.63. The number of pyridine rings is 1. The summed E-state index contributed by atoms with van der Waals surface area (Å²) in [6.07, 6.45) is 3.78. The van der Waals surface area contributed by atoms with Crippen molar-refractivity contribution in [3.63, 3.8) is 0 Å². The molecule has 1 rings (SSSR count). The van der Waals surface area contributed by atoms with Crippen LogP contribution >= 0.6 is 0 Å². The Balaban J connectivity index is 2.53. The van der Waals surface area contributed by atoms with Crippen LogP contribution in [0, 0.1) is 6.92 Å². The Hall–Kier alpha value is -1.38. The first kappa shape index (κ1) is 8.71. The van der Waals surface area contributed by atoms with E-state index in [1.54, 1.807) is 0 Å². The first-order chi connectivity index (χ1) is 5.68. The van der Waals surface area contributed by atoms with Gasteiger partial charge in [-0.05, 0) is 12.5 Å². The smallest absolute Gasteiger partial charge is 0.169 e. The van der Waals surface area contributed by atoms with Crippen molar-refractivity contribution in [3.05, 3.63) is 30.1 Å². The molecule has 0 aromatic carbocycles. The summed E-state index contributed by atoms with van der Waals surface area (Å²) in [4.78, 5) is 10.1. The van der Waals surface area contributed by atoms with Crippen LogP contribution in [-0.4, -0.2) is 5.97 Å². The van der Waals surface area contributed by atoms with Crippen LogP contribution in [0.15, 0.2) is 24.5 Å². The zero-order valence-electron chi connectivity index (χ0n) is 6.99. The highest BCUT2D eigenvalue weighted by molar-refractivity contribution is 5.63. The van der Waals surface area contributed by atoms with Gasteiger partial charge in [-0.3, -0.25) is 0 Å². The lowest BCUT2D eigenvalue weighted by Gasteiger charge is -1.98. The van der Waals surface area contributed by atoms with Gasteiger partial charge in [-0.1, -0.05) is 0 Å². The van der Waals surface area contributed by atoms with Crippen molar-refractivity contribution in [3.8, 4) is 0 Å². The number of hydrogen-bond donors (Lipinski definition) is 0. The van der Waals surface area contributed by atoms with E-state index in [1.165, 1.54) is 5.56 Å². The number of carboxylic acids is 1. The minimum absolute atomic E-state index is 0.0632. The van der Waals surface area contributed by atoms with Crippen LogP contribution in [0.4, 0.5) is 0 Å². The summed E-state index contributed by atoms with van der Waals surface area (Å²) in [5, 5.41) is 10.1. The largest absolute Gasteiger partial charge is 0.550 e. The maximum Gasteiger partial charge on any atom is 0.169 e. The Bertz CT molecular complexity index is 266. The van der Waals surface area contributed by atoms with Crippen molar-refractivity contribution in [2.45, 2.75) is 19.9 Å². The van der Waals surface area contributed by atoms with Crippen molar-refractivity contribution in [2.24, 2.45) is 0 Å². The molecule has 0 aliphatic heterocycles. The van der Waals surface area contributed by atoms with E-state index in [4.69, 9.17) is 0 Å². The summed E-state index contributed by atoms with van der Waals surface area (Å²) in [7, 11) is 0. The molecule has 3 nitrogen and oxygen atoms in total. The highest BCUT2D eigenvalue weighted by atomic mass is 16.4. The van der Waals surface area contributed by atoms with Gasteiger partial charge in [-0.25, -0.2) is 4.57 Å². The van der Waals surface area contributed by atoms with Crippen molar-refractivity contribution in [1.82, 2.24) is 0 Å². The highest BCUT2D eigenvalue weighted by Gasteiger charge is 1.97. The molecule has 0 radical (unpaired) electrons. The van der Waals surface area contributed by atoms with Crippen molar-refractivity contribution < 1.29 is 14.5 Å². The number of nitrogens with zero attached hydrogens (tertiary/aromatic N) is 1. The van der Waals surface area contributed by atoms with Gasteiger partial charge in [0.05, 0.1) is 0 Å². The van der Waals surface area contributed by atoms with Gasteiger partial charge in [0.1, 0.15) is 0 Å². The maximum atomic E-state index is 10.1. The van der Waals surface area contributed by atoms with Crippen molar-refractivity contribution in [1.29, 1.82) is 0 Å². The molecule has 0 bridgehead atoms. The lowest BCUT2D eigenvalue weighted by Crippen LogP contribution is -2.36. The van der Waals surface area contributed by atoms with Crippen LogP contribution in [0.25, 0.3) is 0 Å². The molecule has 0 N–H and O–H groups in total. The number of rotatable bonds is 3. The van der Waals surface area contributed by atoms with E-state index in [9.17, 15) is 9.90 Å². The zero-order chi connectivity index (χ0) is 8.97. The Morgan fingerprint density at radius 2 is 2.08 bits per heavy atom. The van der Waals surface area contributed by atoms with Gasteiger partial charge >= 0.3 is 0 Å². The lowest BCUT2D eigenvalue weighted by molar-refractivity contribution is -0.696. The summed E-state index contributed by atoms with van der Waals surface area (Å²) in [5.74, 6) is -1.01. The third kappa shape index (κ3) is 2.70. The molecule has 0 amide bonds. The Labute approximate surface area is 71.3 Å². The average molecular weight is 165 g/mol. The monoisotopic (exact) mass is 165 g/mol. The Morgan fingerprint density at radius 3 is 2.58 bits per heavy atom. The number of aromatic nitrogens is 1. The second kappa shape index (κ2) is 3.85. The van der Waals surface area contributed by atoms with Gasteiger partial charge < -0.3 is 9.90 Å². The van der Waals surface area contributed by atoms with Gasteiger partial charge in [0, 0.05) is 24.5 Å². The van der Waals surface area contributed by atoms with Crippen LogP contribution in [-0.2, 0) is 11.3 Å². The molecule has 3 heteroatoms. The van der Waals surface area contributed by atoms with Crippen molar-refractivity contribution >= 4 is 5.97 Å². The number of hydrogen-bond acceptors (Lipinski definition) is 2. The van der Waals surface area contributed by atoms with Crippen LogP contribution in [0.2, 0.25) is 0 Å². The van der Waals surface area contributed by atoms with Crippen LogP contribution in [0.5, 0.6) is 0 Å². The first-order valence-electron chi connectivity index (χ1n) is 3.84. The van der Waals surface area contributed by atoms with E-state index in [2.05, 4.69) is 0 Å². The summed E-state index contributed by atoms with van der Waals surface area (Å²) in [5.41, 5.74) is 1.17. The van der Waals surface area contributed by atoms with Gasteiger partial charge in [0.2, 0.25) is 0 Å². The molecule has 0 saturated carbocycles. The molecular weight excluding hydrogens is 154 g/mol. The van der Waals surface area contributed by atoms with E-state index < -0.39 is 5.97 Å². The molecule has 1 aromatic heterocycles. The molecule has 0 spiro atoms. The zero-order valence-corrected chi connectivity index (χ0v) is 6.99. The van der Waals surface area contributed by atoms with E-state index in [1.807, 2.05) is 36.0 Å². The number of carbonyl (C=O) groups excluding carboxylic acids is 1. The van der Waals surface area contributed by atoms with E-state index in [0.717, 1.165) is 0 Å². The Morgan fingerprint density at radius 1 is 1.50 bits per heavy atom. The number of carboxylic acid groups (broad SMARTS) is 1. The fourth-order valence-electron chi connectivity index (χ4n) is 0.901. The van der Waals surface area contributed by atoms with Crippen LogP contribution in [0.1, 0.15) is 12.0 Å². The topological polar surface area (TPSA) is 44.0 Å². The molecule has 12 heavy (non-hydrogen) atoms. The van der Waals surface area contributed by atoms with Gasteiger partial charge in [0.15, 0.2) is 18.9 Å². The first-order valence-corrected chi connectivity index (χ1v) is 3.84.